The Balaban J connectivity index is 2.80. The highest BCUT2D eigenvalue weighted by molar-refractivity contribution is 5.86. The molecule has 0 amide bonds. The van der Waals surface area contributed by atoms with Gasteiger partial charge < -0.3 is 4.74 Å². The van der Waals surface area contributed by atoms with Crippen LogP contribution in [0.4, 0.5) is 0 Å². The first-order chi connectivity index (χ1) is 4.24. The molecule has 2 heteroatoms. The molecule has 1 unspecified atom stereocenters. The first-order valence-corrected chi connectivity index (χ1v) is 2.78. The summed E-state index contributed by atoms with van der Waals surface area (Å²) in [6.07, 6.45) is 2.99. The highest BCUT2D eigenvalue weighted by Crippen LogP contribution is 2.14. The van der Waals surface area contributed by atoms with Gasteiger partial charge in [-0.1, -0.05) is 12.7 Å². The molecule has 0 aromatic rings. The minimum Gasteiger partial charge on any atom is -0.455 e. The maximum absolute atomic E-state index is 10.5. The molecule has 1 aliphatic heterocycles. The van der Waals surface area contributed by atoms with Crippen LogP contribution in [0.25, 0.3) is 0 Å². The van der Waals surface area contributed by atoms with E-state index in [0.29, 0.717) is 0 Å². The molecule has 1 aliphatic rings. The Morgan fingerprint density at radius 3 is 2.78 bits per heavy atom. The molecular formula is C7H8O2. The van der Waals surface area contributed by atoms with Gasteiger partial charge in [0.15, 0.2) is 0 Å². The van der Waals surface area contributed by atoms with Crippen molar-refractivity contribution >= 4 is 5.97 Å². The van der Waals surface area contributed by atoms with Crippen molar-refractivity contribution in [2.45, 2.75) is 13.0 Å². The zero-order chi connectivity index (χ0) is 6.85. The molecule has 2 nitrogen and oxygen atoms in total. The standard InChI is InChI=1S/C7H8O2/c1-3-6-4-7(8)9-5(6)2/h3-5H,1H2,2H3. The molecule has 1 rings (SSSR count). The fraction of sp³-hybridized carbons (Fsp3) is 0.286. The van der Waals surface area contributed by atoms with E-state index >= 15 is 0 Å². The van der Waals surface area contributed by atoms with Gasteiger partial charge in [-0.15, -0.1) is 0 Å². The average molecular weight is 124 g/mol. The van der Waals surface area contributed by atoms with E-state index in [1.165, 1.54) is 6.08 Å². The average Bonchev–Trinajstić information content (AvgIpc) is 2.10. The third kappa shape index (κ3) is 1.02. The number of carbonyl (C=O) groups is 1. The van der Waals surface area contributed by atoms with Crippen LogP contribution >= 0.6 is 0 Å². The molecule has 0 N–H and O–H groups in total. The lowest BCUT2D eigenvalue weighted by Gasteiger charge is -2.01. The first-order valence-electron chi connectivity index (χ1n) is 2.78. The van der Waals surface area contributed by atoms with Crippen molar-refractivity contribution in [3.8, 4) is 0 Å². The van der Waals surface area contributed by atoms with Crippen molar-refractivity contribution in [1.82, 2.24) is 0 Å². The van der Waals surface area contributed by atoms with Crippen LogP contribution in [-0.4, -0.2) is 12.1 Å². The maximum Gasteiger partial charge on any atom is 0.331 e. The summed E-state index contributed by atoms with van der Waals surface area (Å²) >= 11 is 0. The zero-order valence-electron chi connectivity index (χ0n) is 5.26. The number of esters is 1. The molecule has 0 aliphatic carbocycles. The molecule has 0 saturated carbocycles. The Morgan fingerprint density at radius 2 is 2.56 bits per heavy atom. The number of hydrogen-bond donors (Lipinski definition) is 0. The predicted molar refractivity (Wildman–Crippen MR) is 33.8 cm³/mol. The lowest BCUT2D eigenvalue weighted by molar-refractivity contribution is -0.138. The maximum atomic E-state index is 10.5. The van der Waals surface area contributed by atoms with E-state index in [1.807, 2.05) is 6.92 Å². The highest BCUT2D eigenvalue weighted by Gasteiger charge is 2.18. The molecule has 0 saturated heterocycles. The summed E-state index contributed by atoms with van der Waals surface area (Å²) < 4.78 is 4.76. The SMILES string of the molecule is C=CC1=CC(=O)OC1C. The third-order valence-electron chi connectivity index (χ3n) is 1.28. The quantitative estimate of drug-likeness (QED) is 0.488. The topological polar surface area (TPSA) is 26.3 Å². The van der Waals surface area contributed by atoms with Crippen LogP contribution in [0.15, 0.2) is 24.3 Å². The second-order valence-electron chi connectivity index (χ2n) is 1.93. The van der Waals surface area contributed by atoms with Crippen LogP contribution in [0.5, 0.6) is 0 Å². The number of carbonyl (C=O) groups excluding carboxylic acids is 1. The Labute approximate surface area is 53.8 Å². The van der Waals surface area contributed by atoms with Gasteiger partial charge >= 0.3 is 5.97 Å². The van der Waals surface area contributed by atoms with Gasteiger partial charge in [0.1, 0.15) is 6.10 Å². The van der Waals surface area contributed by atoms with Crippen LogP contribution in [0, 0.1) is 0 Å². The molecule has 0 aromatic heterocycles. The van der Waals surface area contributed by atoms with Crippen molar-refractivity contribution in [3.63, 3.8) is 0 Å². The van der Waals surface area contributed by atoms with E-state index in [0.717, 1.165) is 5.57 Å². The van der Waals surface area contributed by atoms with Crippen molar-refractivity contribution in [3.05, 3.63) is 24.3 Å². The van der Waals surface area contributed by atoms with Crippen LogP contribution in [0.2, 0.25) is 0 Å². The number of cyclic esters (lactones) is 1. The van der Waals surface area contributed by atoms with E-state index in [-0.39, 0.29) is 12.1 Å². The van der Waals surface area contributed by atoms with Gasteiger partial charge in [-0.05, 0) is 12.5 Å². The molecule has 1 heterocycles. The van der Waals surface area contributed by atoms with E-state index < -0.39 is 0 Å². The molecule has 0 bridgehead atoms. The molecule has 48 valence electrons. The summed E-state index contributed by atoms with van der Waals surface area (Å²) in [5, 5.41) is 0. The minimum absolute atomic E-state index is 0.102. The molecule has 0 spiro atoms. The molecule has 0 fully saturated rings. The summed E-state index contributed by atoms with van der Waals surface area (Å²) in [6, 6.07) is 0. The Hall–Kier alpha value is -1.05. The van der Waals surface area contributed by atoms with Crippen molar-refractivity contribution in [2.75, 3.05) is 0 Å². The smallest absolute Gasteiger partial charge is 0.331 e. The lowest BCUT2D eigenvalue weighted by Crippen LogP contribution is -2.04. The van der Waals surface area contributed by atoms with Crippen LogP contribution in [0.1, 0.15) is 6.92 Å². The van der Waals surface area contributed by atoms with Crippen molar-refractivity contribution in [2.24, 2.45) is 0 Å². The second kappa shape index (κ2) is 2.05. The van der Waals surface area contributed by atoms with Gasteiger partial charge in [0.2, 0.25) is 0 Å². The summed E-state index contributed by atoms with van der Waals surface area (Å²) in [5.41, 5.74) is 0.861. The Morgan fingerprint density at radius 1 is 1.89 bits per heavy atom. The van der Waals surface area contributed by atoms with Crippen molar-refractivity contribution in [1.29, 1.82) is 0 Å². The molecular weight excluding hydrogens is 116 g/mol. The Bertz CT molecular complexity index is 179. The van der Waals surface area contributed by atoms with E-state index in [9.17, 15) is 4.79 Å². The van der Waals surface area contributed by atoms with Crippen LogP contribution < -0.4 is 0 Å². The lowest BCUT2D eigenvalue weighted by atomic mass is 10.2. The van der Waals surface area contributed by atoms with Gasteiger partial charge in [0, 0.05) is 6.08 Å². The largest absolute Gasteiger partial charge is 0.455 e. The number of hydrogen-bond acceptors (Lipinski definition) is 2. The number of rotatable bonds is 1. The predicted octanol–water partition coefficient (Wildman–Crippen LogP) is 1.04. The normalized spacial score (nSPS) is 25.2. The summed E-state index contributed by atoms with van der Waals surface area (Å²) in [6.45, 7) is 5.34. The minimum atomic E-state index is -0.266. The van der Waals surface area contributed by atoms with Gasteiger partial charge in [0.25, 0.3) is 0 Å². The molecule has 1 atom stereocenters. The van der Waals surface area contributed by atoms with Gasteiger partial charge in [0.05, 0.1) is 0 Å². The zero-order valence-corrected chi connectivity index (χ0v) is 5.26. The fourth-order valence-corrected chi connectivity index (χ4v) is 0.755. The highest BCUT2D eigenvalue weighted by atomic mass is 16.5. The van der Waals surface area contributed by atoms with E-state index in [2.05, 4.69) is 6.58 Å². The van der Waals surface area contributed by atoms with Gasteiger partial charge in [-0.2, -0.15) is 0 Å². The second-order valence-corrected chi connectivity index (χ2v) is 1.93. The summed E-state index contributed by atoms with van der Waals surface area (Å²) in [7, 11) is 0. The van der Waals surface area contributed by atoms with Crippen LogP contribution in [-0.2, 0) is 9.53 Å². The van der Waals surface area contributed by atoms with E-state index in [1.54, 1.807) is 6.08 Å². The summed E-state index contributed by atoms with van der Waals surface area (Å²) in [5.74, 6) is -0.266. The molecule has 0 aromatic carbocycles. The fourth-order valence-electron chi connectivity index (χ4n) is 0.755. The molecule has 0 radical (unpaired) electrons. The van der Waals surface area contributed by atoms with Crippen LogP contribution in [0.3, 0.4) is 0 Å². The molecule has 9 heavy (non-hydrogen) atoms. The summed E-state index contributed by atoms with van der Waals surface area (Å²) in [4.78, 5) is 10.5. The van der Waals surface area contributed by atoms with Crippen molar-refractivity contribution < 1.29 is 9.53 Å². The van der Waals surface area contributed by atoms with Gasteiger partial charge in [-0.3, -0.25) is 0 Å². The first kappa shape index (κ1) is 6.08. The monoisotopic (exact) mass is 124 g/mol. The van der Waals surface area contributed by atoms with E-state index in [4.69, 9.17) is 4.74 Å². The number of ether oxygens (including phenoxy) is 1. The third-order valence-corrected chi connectivity index (χ3v) is 1.28. The van der Waals surface area contributed by atoms with Gasteiger partial charge in [-0.25, -0.2) is 4.79 Å². The Kier molecular flexibility index (Phi) is 1.39.